The minimum absolute atomic E-state index is 0.118. The van der Waals surface area contributed by atoms with Gasteiger partial charge >= 0.3 is 0 Å². The molecule has 8 heteroatoms. The molecule has 8 nitrogen and oxygen atoms in total. The maximum atomic E-state index is 12.7. The number of nitrogens with one attached hydrogen (secondary N) is 1. The van der Waals surface area contributed by atoms with Crippen LogP contribution in [0.5, 0.6) is 0 Å². The molecule has 2 amide bonds. The normalized spacial score (nSPS) is 14.0. The molecule has 1 N–H and O–H groups in total. The number of nitrogens with zero attached hydrogens (tertiary/aromatic N) is 3. The van der Waals surface area contributed by atoms with Crippen molar-refractivity contribution in [2.45, 2.75) is 5.92 Å². The molecule has 0 radical (unpaired) electrons. The van der Waals surface area contributed by atoms with Gasteiger partial charge in [-0.3, -0.25) is 24.1 Å². The number of para-hydroxylation sites is 1. The number of aromatic amines is 1. The second-order valence-electron chi connectivity index (χ2n) is 6.24. The van der Waals surface area contributed by atoms with Crippen LogP contribution in [0.15, 0.2) is 53.3 Å². The van der Waals surface area contributed by atoms with E-state index in [1.165, 1.54) is 12.1 Å². The second-order valence-corrected chi connectivity index (χ2v) is 6.24. The Labute approximate surface area is 158 Å². The van der Waals surface area contributed by atoms with Crippen molar-refractivity contribution in [2.75, 3.05) is 6.54 Å². The fourth-order valence-corrected chi connectivity index (χ4v) is 3.16. The highest BCUT2D eigenvalue weighted by atomic mass is 16.2. The number of amides is 2. The molecule has 4 rings (SSSR count). The molecule has 0 saturated heterocycles. The van der Waals surface area contributed by atoms with Crippen molar-refractivity contribution in [2.24, 2.45) is 0 Å². The third-order valence-electron chi connectivity index (χ3n) is 4.55. The smallest absolute Gasteiger partial charge is 0.261 e. The molecule has 3 aromatic rings. The standard InChI is InChI=1S/C20H12N4O4/c21-9-14(17-22-15-8-4-3-7-13(15)18(26)23-17)16(25)10-24-19(27)11-5-1-2-6-12(11)20(24)28/h1-8,14H,10H2,(H,22,23,26)/t14-/m1/s1. The molecule has 2 aromatic carbocycles. The van der Waals surface area contributed by atoms with Crippen molar-refractivity contribution in [3.63, 3.8) is 0 Å². The number of H-pyrrole nitrogens is 1. The molecule has 1 atom stereocenters. The van der Waals surface area contributed by atoms with Gasteiger partial charge in [0.15, 0.2) is 11.7 Å². The van der Waals surface area contributed by atoms with Crippen molar-refractivity contribution in [3.8, 4) is 6.07 Å². The average molecular weight is 372 g/mol. The molecule has 0 spiro atoms. The Bertz CT molecular complexity index is 1220. The van der Waals surface area contributed by atoms with Gasteiger partial charge in [0.05, 0.1) is 34.6 Å². The van der Waals surface area contributed by atoms with Crippen molar-refractivity contribution in [1.82, 2.24) is 14.9 Å². The van der Waals surface area contributed by atoms with E-state index in [9.17, 15) is 24.4 Å². The molecule has 136 valence electrons. The molecule has 2 heterocycles. The number of carbonyl (C=O) groups is 3. The highest BCUT2D eigenvalue weighted by Gasteiger charge is 2.38. The molecule has 0 bridgehead atoms. The summed E-state index contributed by atoms with van der Waals surface area (Å²) in [6.07, 6.45) is 0. The quantitative estimate of drug-likeness (QED) is 0.690. The third kappa shape index (κ3) is 2.66. The number of rotatable bonds is 4. The van der Waals surface area contributed by atoms with Gasteiger partial charge in [-0.25, -0.2) is 4.98 Å². The number of carbonyl (C=O) groups excluding carboxylic acids is 3. The van der Waals surface area contributed by atoms with Gasteiger partial charge in [-0.05, 0) is 24.3 Å². The first-order chi connectivity index (χ1) is 13.5. The number of fused-ring (bicyclic) bond motifs is 2. The topological polar surface area (TPSA) is 124 Å². The summed E-state index contributed by atoms with van der Waals surface area (Å²) in [5, 5.41) is 9.80. The number of nitriles is 1. The number of hydrogen-bond acceptors (Lipinski definition) is 6. The number of Topliss-reactive ketones (excluding diaryl/α,β-unsaturated/α-hetero) is 1. The summed E-state index contributed by atoms with van der Waals surface area (Å²) >= 11 is 0. The molecular weight excluding hydrogens is 360 g/mol. The van der Waals surface area contributed by atoms with Crippen molar-refractivity contribution >= 4 is 28.5 Å². The average Bonchev–Trinajstić information content (AvgIpc) is 2.94. The summed E-state index contributed by atoms with van der Waals surface area (Å²) in [6, 6.07) is 14.6. The lowest BCUT2D eigenvalue weighted by Crippen LogP contribution is -2.37. The Morgan fingerprint density at radius 2 is 1.64 bits per heavy atom. The Kier molecular flexibility index (Phi) is 4.05. The summed E-state index contributed by atoms with van der Waals surface area (Å²) in [6.45, 7) is -0.582. The van der Waals surface area contributed by atoms with Crippen LogP contribution in [0.1, 0.15) is 32.5 Å². The maximum Gasteiger partial charge on any atom is 0.261 e. The molecule has 0 fully saturated rings. The minimum Gasteiger partial charge on any atom is -0.308 e. The van der Waals surface area contributed by atoms with Gasteiger partial charge in [0.2, 0.25) is 0 Å². The first-order valence-electron chi connectivity index (χ1n) is 8.38. The summed E-state index contributed by atoms with van der Waals surface area (Å²) in [4.78, 5) is 57.2. The zero-order chi connectivity index (χ0) is 19.8. The molecule has 0 unspecified atom stereocenters. The zero-order valence-electron chi connectivity index (χ0n) is 14.4. The van der Waals surface area contributed by atoms with Gasteiger partial charge in [0.25, 0.3) is 17.4 Å². The molecular formula is C20H12N4O4. The van der Waals surface area contributed by atoms with E-state index in [0.29, 0.717) is 10.9 Å². The Morgan fingerprint density at radius 1 is 1.04 bits per heavy atom. The molecule has 1 aromatic heterocycles. The van der Waals surface area contributed by atoms with E-state index in [-0.39, 0.29) is 17.0 Å². The van der Waals surface area contributed by atoms with Crippen LogP contribution in [0.3, 0.4) is 0 Å². The van der Waals surface area contributed by atoms with Gasteiger partial charge < -0.3 is 4.98 Å². The van der Waals surface area contributed by atoms with Crippen LogP contribution in [-0.4, -0.2) is 39.0 Å². The van der Waals surface area contributed by atoms with E-state index >= 15 is 0 Å². The first kappa shape index (κ1) is 17.3. The molecule has 28 heavy (non-hydrogen) atoms. The van der Waals surface area contributed by atoms with Crippen LogP contribution in [0, 0.1) is 11.3 Å². The van der Waals surface area contributed by atoms with E-state index in [0.717, 1.165) is 4.90 Å². The van der Waals surface area contributed by atoms with Crippen LogP contribution in [0.2, 0.25) is 0 Å². The Balaban J connectivity index is 1.65. The van der Waals surface area contributed by atoms with Gasteiger partial charge in [0.1, 0.15) is 5.82 Å². The van der Waals surface area contributed by atoms with E-state index in [4.69, 9.17) is 0 Å². The molecule has 1 aliphatic rings. The lowest BCUT2D eigenvalue weighted by molar-refractivity contribution is -0.119. The molecule has 1 aliphatic heterocycles. The predicted molar refractivity (Wildman–Crippen MR) is 97.5 cm³/mol. The maximum absolute atomic E-state index is 12.7. The molecule has 0 saturated carbocycles. The van der Waals surface area contributed by atoms with E-state index in [2.05, 4.69) is 9.97 Å². The largest absolute Gasteiger partial charge is 0.308 e. The zero-order valence-corrected chi connectivity index (χ0v) is 14.4. The second kappa shape index (κ2) is 6.55. The summed E-state index contributed by atoms with van der Waals surface area (Å²) in [7, 11) is 0. The molecule has 0 aliphatic carbocycles. The van der Waals surface area contributed by atoms with Crippen molar-refractivity contribution < 1.29 is 14.4 Å². The van der Waals surface area contributed by atoms with Crippen LogP contribution >= 0.6 is 0 Å². The number of aromatic nitrogens is 2. The Morgan fingerprint density at radius 3 is 2.29 bits per heavy atom. The van der Waals surface area contributed by atoms with Crippen LogP contribution in [0.25, 0.3) is 10.9 Å². The summed E-state index contributed by atoms with van der Waals surface area (Å²) in [5.74, 6) is -3.43. The Hall–Kier alpha value is -4.12. The fourth-order valence-electron chi connectivity index (χ4n) is 3.16. The number of ketones is 1. The van der Waals surface area contributed by atoms with Crippen LogP contribution in [0.4, 0.5) is 0 Å². The number of imide groups is 1. The fraction of sp³-hybridized carbons (Fsp3) is 0.100. The van der Waals surface area contributed by atoms with Crippen LogP contribution in [-0.2, 0) is 4.79 Å². The minimum atomic E-state index is -1.42. The monoisotopic (exact) mass is 372 g/mol. The van der Waals surface area contributed by atoms with Crippen LogP contribution < -0.4 is 5.56 Å². The lowest BCUT2D eigenvalue weighted by atomic mass is 10.0. The van der Waals surface area contributed by atoms with E-state index in [1.54, 1.807) is 42.5 Å². The van der Waals surface area contributed by atoms with Crippen molar-refractivity contribution in [3.05, 3.63) is 75.8 Å². The van der Waals surface area contributed by atoms with Gasteiger partial charge in [0, 0.05) is 0 Å². The third-order valence-corrected chi connectivity index (χ3v) is 4.55. The van der Waals surface area contributed by atoms with E-state index in [1.807, 2.05) is 0 Å². The number of hydrogen-bond donors (Lipinski definition) is 1. The highest BCUT2D eigenvalue weighted by molar-refractivity contribution is 6.22. The summed E-state index contributed by atoms with van der Waals surface area (Å²) < 4.78 is 0. The van der Waals surface area contributed by atoms with Gasteiger partial charge in [-0.1, -0.05) is 24.3 Å². The lowest BCUT2D eigenvalue weighted by Gasteiger charge is -2.15. The van der Waals surface area contributed by atoms with Crippen molar-refractivity contribution in [1.29, 1.82) is 5.26 Å². The summed E-state index contributed by atoms with van der Waals surface area (Å²) in [5.41, 5.74) is 0.293. The SMILES string of the molecule is N#C[C@H](C(=O)CN1C(=O)c2ccccc2C1=O)c1nc2ccccc2c(=O)[nH]1. The van der Waals surface area contributed by atoms with E-state index < -0.39 is 35.6 Å². The van der Waals surface area contributed by atoms with Gasteiger partial charge in [-0.2, -0.15) is 5.26 Å². The number of benzene rings is 2. The highest BCUT2D eigenvalue weighted by Crippen LogP contribution is 2.23. The van der Waals surface area contributed by atoms with Gasteiger partial charge in [-0.15, -0.1) is 0 Å². The predicted octanol–water partition coefficient (Wildman–Crippen LogP) is 1.40. The first-order valence-corrected chi connectivity index (χ1v) is 8.38.